The van der Waals surface area contributed by atoms with Gasteiger partial charge >= 0.3 is 0 Å². The molecule has 0 atom stereocenters. The van der Waals surface area contributed by atoms with Crippen LogP contribution in [0.2, 0.25) is 0 Å². The van der Waals surface area contributed by atoms with Crippen molar-refractivity contribution in [1.82, 2.24) is 0 Å². The Morgan fingerprint density at radius 1 is 0.870 bits per heavy atom. The van der Waals surface area contributed by atoms with Crippen molar-refractivity contribution in [3.63, 3.8) is 0 Å². The maximum atomic E-state index is 5.35. The molecule has 23 heavy (non-hydrogen) atoms. The van der Waals surface area contributed by atoms with E-state index in [-0.39, 0.29) is 0 Å². The Kier molecular flexibility index (Phi) is 5.65. The first-order valence-electron chi connectivity index (χ1n) is 7.02. The first kappa shape index (κ1) is 16.9. The smallest absolute Gasteiger partial charge is 0.175 e. The summed E-state index contributed by atoms with van der Waals surface area (Å²) in [5.74, 6) is 2.12. The van der Waals surface area contributed by atoms with E-state index in [0.29, 0.717) is 16.6 Å². The Balaban J connectivity index is 2.08. The van der Waals surface area contributed by atoms with Crippen molar-refractivity contribution >= 4 is 28.7 Å². The van der Waals surface area contributed by atoms with E-state index < -0.39 is 0 Å². The highest BCUT2D eigenvalue weighted by molar-refractivity contribution is 7.80. The van der Waals surface area contributed by atoms with Crippen LogP contribution in [0.3, 0.4) is 0 Å². The molecule has 0 unspecified atom stereocenters. The lowest BCUT2D eigenvalue weighted by Crippen LogP contribution is -2.19. The molecule has 0 aromatic heterocycles. The Morgan fingerprint density at radius 2 is 1.61 bits per heavy atom. The molecule has 0 aliphatic heterocycles. The minimum Gasteiger partial charge on any atom is -0.497 e. The van der Waals surface area contributed by atoms with Crippen LogP contribution in [0.1, 0.15) is 5.56 Å². The lowest BCUT2D eigenvalue weighted by atomic mass is 10.2. The number of thiocarbonyl (C=S) groups is 1. The van der Waals surface area contributed by atoms with Crippen molar-refractivity contribution < 1.29 is 14.2 Å². The van der Waals surface area contributed by atoms with Gasteiger partial charge in [-0.05, 0) is 55.0 Å². The fraction of sp³-hybridized carbons (Fsp3) is 0.235. The Morgan fingerprint density at radius 3 is 2.22 bits per heavy atom. The monoisotopic (exact) mass is 332 g/mol. The molecule has 0 spiro atoms. The van der Waals surface area contributed by atoms with E-state index in [2.05, 4.69) is 10.6 Å². The summed E-state index contributed by atoms with van der Waals surface area (Å²) in [6, 6.07) is 11.3. The molecule has 0 bridgehead atoms. The molecule has 122 valence electrons. The van der Waals surface area contributed by atoms with Gasteiger partial charge in [0.25, 0.3) is 0 Å². The van der Waals surface area contributed by atoms with Crippen molar-refractivity contribution in [1.29, 1.82) is 0 Å². The largest absolute Gasteiger partial charge is 0.497 e. The molecule has 5 nitrogen and oxygen atoms in total. The first-order chi connectivity index (χ1) is 11.1. The van der Waals surface area contributed by atoms with E-state index >= 15 is 0 Å². The molecule has 2 N–H and O–H groups in total. The second-order valence-electron chi connectivity index (χ2n) is 4.83. The maximum absolute atomic E-state index is 5.35. The van der Waals surface area contributed by atoms with Crippen LogP contribution in [0.15, 0.2) is 36.4 Å². The number of methoxy groups -OCH3 is 3. The van der Waals surface area contributed by atoms with Gasteiger partial charge in [0.2, 0.25) is 0 Å². The van der Waals surface area contributed by atoms with Gasteiger partial charge in [0.15, 0.2) is 16.6 Å². The van der Waals surface area contributed by atoms with Gasteiger partial charge in [0.05, 0.1) is 21.3 Å². The fourth-order valence-electron chi connectivity index (χ4n) is 2.10. The summed E-state index contributed by atoms with van der Waals surface area (Å²) in [5.41, 5.74) is 2.77. The number of anilines is 2. The van der Waals surface area contributed by atoms with E-state index in [0.717, 1.165) is 22.7 Å². The molecule has 0 heterocycles. The van der Waals surface area contributed by atoms with Crippen LogP contribution in [-0.4, -0.2) is 26.4 Å². The number of ether oxygens (including phenoxy) is 3. The summed E-state index contributed by atoms with van der Waals surface area (Å²) >= 11 is 5.35. The maximum Gasteiger partial charge on any atom is 0.175 e. The number of hydrogen-bond donors (Lipinski definition) is 2. The Bertz CT molecular complexity index is 704. The highest BCUT2D eigenvalue weighted by atomic mass is 32.1. The number of hydrogen-bond acceptors (Lipinski definition) is 4. The van der Waals surface area contributed by atoms with Crippen molar-refractivity contribution in [2.24, 2.45) is 0 Å². The van der Waals surface area contributed by atoms with Crippen molar-refractivity contribution in [3.05, 3.63) is 42.0 Å². The van der Waals surface area contributed by atoms with Crippen LogP contribution < -0.4 is 24.8 Å². The molecule has 0 saturated carbocycles. The highest BCUT2D eigenvalue weighted by Crippen LogP contribution is 2.30. The highest BCUT2D eigenvalue weighted by Gasteiger charge is 2.07. The molecular weight excluding hydrogens is 312 g/mol. The van der Waals surface area contributed by atoms with Crippen molar-refractivity contribution in [3.8, 4) is 17.2 Å². The van der Waals surface area contributed by atoms with Gasteiger partial charge in [0, 0.05) is 17.4 Å². The third kappa shape index (κ3) is 4.26. The van der Waals surface area contributed by atoms with E-state index in [9.17, 15) is 0 Å². The normalized spacial score (nSPS) is 9.91. The van der Waals surface area contributed by atoms with Crippen molar-refractivity contribution in [2.45, 2.75) is 6.92 Å². The molecule has 0 radical (unpaired) electrons. The molecule has 0 fully saturated rings. The summed E-state index contributed by atoms with van der Waals surface area (Å²) in [5, 5.41) is 6.79. The predicted octanol–water partition coefficient (Wildman–Crippen LogP) is 3.83. The minimum atomic E-state index is 0.491. The van der Waals surface area contributed by atoms with E-state index in [1.807, 2.05) is 43.3 Å². The lowest BCUT2D eigenvalue weighted by Gasteiger charge is -2.14. The summed E-state index contributed by atoms with van der Waals surface area (Å²) in [6.07, 6.45) is 0. The molecule has 2 aromatic carbocycles. The average molecular weight is 332 g/mol. The third-order valence-electron chi connectivity index (χ3n) is 3.32. The molecule has 0 aliphatic carbocycles. The van der Waals surface area contributed by atoms with Crippen LogP contribution in [0, 0.1) is 6.92 Å². The number of nitrogens with one attached hydrogen (secondary N) is 2. The lowest BCUT2D eigenvalue weighted by molar-refractivity contribution is 0.355. The molecule has 0 aliphatic rings. The van der Waals surface area contributed by atoms with Crippen LogP contribution in [0.25, 0.3) is 0 Å². The summed E-state index contributed by atoms with van der Waals surface area (Å²) in [6.45, 7) is 1.99. The molecule has 6 heteroatoms. The van der Waals surface area contributed by atoms with Crippen molar-refractivity contribution in [2.75, 3.05) is 32.0 Å². The standard InChI is InChI=1S/C17H20N2O3S/c1-11-9-13(20-2)6-7-14(11)19-17(23)18-12-5-8-15(21-3)16(10-12)22-4/h5-10H,1-4H3,(H2,18,19,23). The van der Waals surface area contributed by atoms with E-state index in [4.69, 9.17) is 26.4 Å². The fourth-order valence-corrected chi connectivity index (χ4v) is 2.33. The Labute approximate surface area is 141 Å². The first-order valence-corrected chi connectivity index (χ1v) is 7.43. The average Bonchev–Trinajstić information content (AvgIpc) is 2.56. The van der Waals surface area contributed by atoms with Crippen LogP contribution in [-0.2, 0) is 0 Å². The molecule has 2 rings (SSSR count). The van der Waals surface area contributed by atoms with Crippen LogP contribution >= 0.6 is 12.2 Å². The molecular formula is C17H20N2O3S. The third-order valence-corrected chi connectivity index (χ3v) is 3.53. The summed E-state index contributed by atoms with van der Waals surface area (Å²) in [7, 11) is 4.84. The Hall–Kier alpha value is -2.47. The van der Waals surface area contributed by atoms with Gasteiger partial charge < -0.3 is 24.8 Å². The van der Waals surface area contributed by atoms with E-state index in [1.54, 1.807) is 21.3 Å². The zero-order chi connectivity index (χ0) is 16.8. The zero-order valence-corrected chi connectivity index (χ0v) is 14.4. The van der Waals surface area contributed by atoms with Gasteiger partial charge in [-0.15, -0.1) is 0 Å². The number of rotatable bonds is 5. The second kappa shape index (κ2) is 7.69. The van der Waals surface area contributed by atoms with Gasteiger partial charge in [-0.2, -0.15) is 0 Å². The SMILES string of the molecule is COc1ccc(NC(=S)Nc2ccc(OC)c(OC)c2)c(C)c1. The van der Waals surface area contributed by atoms with Gasteiger partial charge in [0.1, 0.15) is 5.75 Å². The topological polar surface area (TPSA) is 51.8 Å². The van der Waals surface area contributed by atoms with Gasteiger partial charge in [-0.1, -0.05) is 0 Å². The van der Waals surface area contributed by atoms with Crippen LogP contribution in [0.4, 0.5) is 11.4 Å². The number of benzene rings is 2. The van der Waals surface area contributed by atoms with Gasteiger partial charge in [-0.3, -0.25) is 0 Å². The molecule has 2 aromatic rings. The summed E-state index contributed by atoms with van der Waals surface area (Å²) < 4.78 is 15.7. The van der Waals surface area contributed by atoms with Crippen LogP contribution in [0.5, 0.6) is 17.2 Å². The second-order valence-corrected chi connectivity index (χ2v) is 5.24. The minimum absolute atomic E-state index is 0.491. The molecule has 0 saturated heterocycles. The van der Waals surface area contributed by atoms with E-state index in [1.165, 1.54) is 0 Å². The molecule has 0 amide bonds. The predicted molar refractivity (Wildman–Crippen MR) is 97.1 cm³/mol. The zero-order valence-electron chi connectivity index (χ0n) is 13.6. The number of aryl methyl sites for hydroxylation is 1. The van der Waals surface area contributed by atoms with Gasteiger partial charge in [-0.25, -0.2) is 0 Å². The quantitative estimate of drug-likeness (QED) is 0.812. The summed E-state index contributed by atoms with van der Waals surface area (Å²) in [4.78, 5) is 0.